The second-order valence-electron chi connectivity index (χ2n) is 7.91. The lowest BCUT2D eigenvalue weighted by Gasteiger charge is -2.04. The fourth-order valence-electron chi connectivity index (χ4n) is 3.42. The van der Waals surface area contributed by atoms with Gasteiger partial charge in [0.25, 0.3) is 0 Å². The number of carboxylic acids is 1. The van der Waals surface area contributed by atoms with Crippen LogP contribution in [0.3, 0.4) is 0 Å². The van der Waals surface area contributed by atoms with Crippen LogP contribution in [0.1, 0.15) is 119 Å². The smallest absolute Gasteiger partial charge is 0.311 e. The van der Waals surface area contributed by atoms with Crippen LogP contribution in [0.25, 0.3) is 0 Å². The van der Waals surface area contributed by atoms with Gasteiger partial charge in [0.05, 0.1) is 11.5 Å². The van der Waals surface area contributed by atoms with Gasteiger partial charge in [0.2, 0.25) is 0 Å². The van der Waals surface area contributed by atoms with Gasteiger partial charge in [-0.15, -0.1) is 0 Å². The van der Waals surface area contributed by atoms with Crippen LogP contribution in [0.2, 0.25) is 0 Å². The van der Waals surface area contributed by atoms with Crippen LogP contribution in [-0.4, -0.2) is 23.5 Å². The summed E-state index contributed by atoms with van der Waals surface area (Å²) in [7, 11) is 0. The molecule has 5 heteroatoms. The van der Waals surface area contributed by atoms with Crippen molar-refractivity contribution in [3.8, 4) is 5.06 Å². The van der Waals surface area contributed by atoms with E-state index in [9.17, 15) is 9.59 Å². The van der Waals surface area contributed by atoms with Crippen molar-refractivity contribution in [2.24, 2.45) is 0 Å². The number of hydrogen-bond acceptors (Lipinski definition) is 4. The Balaban J connectivity index is 1.86. The monoisotopic (exact) mass is 424 g/mol. The number of carbonyl (C=O) groups excluding carboxylic acids is 1. The van der Waals surface area contributed by atoms with E-state index in [1.165, 1.54) is 101 Å². The van der Waals surface area contributed by atoms with E-state index in [0.29, 0.717) is 16.5 Å². The standard InChI is InChI=1S/C24H40O4S/c1-2-3-4-5-6-7-8-9-10-11-12-13-14-15-16-19-28-24-18-17-22(29-24)21(25)20-23(26)27/h17-18H,2-16,19-20H2,1H3,(H,26,27). The molecule has 0 atom stereocenters. The molecule has 1 rings (SSSR count). The van der Waals surface area contributed by atoms with Crippen molar-refractivity contribution in [2.45, 2.75) is 110 Å². The highest BCUT2D eigenvalue weighted by Gasteiger charge is 2.13. The molecule has 0 spiro atoms. The summed E-state index contributed by atoms with van der Waals surface area (Å²) in [4.78, 5) is 22.7. The average molecular weight is 425 g/mol. The minimum absolute atomic E-state index is 0.357. The Morgan fingerprint density at radius 3 is 1.76 bits per heavy atom. The molecule has 0 bridgehead atoms. The van der Waals surface area contributed by atoms with Gasteiger partial charge in [-0.25, -0.2) is 0 Å². The van der Waals surface area contributed by atoms with E-state index in [0.717, 1.165) is 6.42 Å². The molecule has 0 aliphatic carbocycles. The molecule has 1 N–H and O–H groups in total. The molecule has 0 amide bonds. The van der Waals surface area contributed by atoms with Gasteiger partial charge in [-0.3, -0.25) is 9.59 Å². The first-order valence-corrected chi connectivity index (χ1v) is 12.4. The maximum atomic E-state index is 11.7. The van der Waals surface area contributed by atoms with Gasteiger partial charge in [-0.2, -0.15) is 0 Å². The number of hydrogen-bond donors (Lipinski definition) is 1. The maximum Gasteiger partial charge on any atom is 0.311 e. The molecule has 4 nitrogen and oxygen atoms in total. The topological polar surface area (TPSA) is 63.6 Å². The first-order chi connectivity index (χ1) is 14.1. The molecule has 0 radical (unpaired) electrons. The second-order valence-corrected chi connectivity index (χ2v) is 8.96. The first-order valence-electron chi connectivity index (χ1n) is 11.6. The SMILES string of the molecule is CCCCCCCCCCCCCCCCCOc1ccc(C(=O)CC(=O)O)s1. The van der Waals surface area contributed by atoms with Crippen LogP contribution in [0.15, 0.2) is 12.1 Å². The van der Waals surface area contributed by atoms with Crippen molar-refractivity contribution in [3.63, 3.8) is 0 Å². The van der Waals surface area contributed by atoms with E-state index in [-0.39, 0.29) is 5.78 Å². The summed E-state index contributed by atoms with van der Waals surface area (Å²) < 4.78 is 5.67. The van der Waals surface area contributed by atoms with Crippen LogP contribution < -0.4 is 4.74 Å². The summed E-state index contributed by atoms with van der Waals surface area (Å²) in [6, 6.07) is 3.41. The normalized spacial score (nSPS) is 10.9. The molecule has 0 saturated carbocycles. The number of ether oxygens (including phenoxy) is 1. The molecule has 0 aliphatic heterocycles. The second kappa shape index (κ2) is 17.5. The van der Waals surface area contributed by atoms with E-state index in [1.807, 2.05) is 0 Å². The third-order valence-electron chi connectivity index (χ3n) is 5.16. The highest BCUT2D eigenvalue weighted by atomic mass is 32.1. The molecule has 1 aromatic heterocycles. The molecule has 0 saturated heterocycles. The van der Waals surface area contributed by atoms with Crippen LogP contribution in [0, 0.1) is 0 Å². The Morgan fingerprint density at radius 1 is 0.793 bits per heavy atom. The van der Waals surface area contributed by atoms with E-state index in [4.69, 9.17) is 9.84 Å². The quantitative estimate of drug-likeness (QED) is 0.133. The number of rotatable bonds is 20. The molecular weight excluding hydrogens is 384 g/mol. The Labute approximate surface area is 181 Å². The van der Waals surface area contributed by atoms with Gasteiger partial charge in [0.1, 0.15) is 6.42 Å². The summed E-state index contributed by atoms with van der Waals surface area (Å²) in [5.74, 6) is -1.45. The Morgan fingerprint density at radius 2 is 1.28 bits per heavy atom. The van der Waals surface area contributed by atoms with Gasteiger partial charge < -0.3 is 9.84 Å². The lowest BCUT2D eigenvalue weighted by molar-refractivity contribution is -0.135. The minimum Gasteiger partial charge on any atom is -0.484 e. The average Bonchev–Trinajstić information content (AvgIpc) is 3.16. The third-order valence-corrected chi connectivity index (χ3v) is 6.20. The van der Waals surface area contributed by atoms with Crippen molar-refractivity contribution in [2.75, 3.05) is 6.61 Å². The maximum absolute atomic E-state index is 11.7. The van der Waals surface area contributed by atoms with Gasteiger partial charge in [0.15, 0.2) is 10.8 Å². The van der Waals surface area contributed by atoms with Gasteiger partial charge in [-0.1, -0.05) is 108 Å². The zero-order chi connectivity index (χ0) is 21.2. The Kier molecular flexibility index (Phi) is 15.5. The molecule has 0 aromatic carbocycles. The van der Waals surface area contributed by atoms with Crippen molar-refractivity contribution in [1.29, 1.82) is 0 Å². The molecule has 0 unspecified atom stereocenters. The molecule has 0 aliphatic rings. The highest BCUT2D eigenvalue weighted by Crippen LogP contribution is 2.25. The summed E-state index contributed by atoms with van der Waals surface area (Å²) in [5.41, 5.74) is 0. The van der Waals surface area contributed by atoms with Crippen LogP contribution in [0.4, 0.5) is 0 Å². The Hall–Kier alpha value is -1.36. The number of thiophene rings is 1. The summed E-state index contributed by atoms with van der Waals surface area (Å²) in [6.07, 6.45) is 19.6. The van der Waals surface area contributed by atoms with Crippen molar-refractivity contribution >= 4 is 23.1 Å². The van der Waals surface area contributed by atoms with Gasteiger partial charge in [-0.05, 0) is 18.6 Å². The van der Waals surface area contributed by atoms with Crippen LogP contribution >= 0.6 is 11.3 Å². The van der Waals surface area contributed by atoms with E-state index in [1.54, 1.807) is 12.1 Å². The van der Waals surface area contributed by atoms with Crippen molar-refractivity contribution < 1.29 is 19.4 Å². The zero-order valence-corrected chi connectivity index (χ0v) is 19.1. The highest BCUT2D eigenvalue weighted by molar-refractivity contribution is 7.15. The fourth-order valence-corrected chi connectivity index (χ4v) is 4.24. The minimum atomic E-state index is -1.09. The number of carbonyl (C=O) groups is 2. The lowest BCUT2D eigenvalue weighted by atomic mass is 10.0. The number of carboxylic acid groups (broad SMARTS) is 1. The van der Waals surface area contributed by atoms with E-state index >= 15 is 0 Å². The summed E-state index contributed by atoms with van der Waals surface area (Å²) in [6.45, 7) is 2.93. The molecule has 0 fully saturated rings. The Bertz CT molecular complexity index is 553. The van der Waals surface area contributed by atoms with Crippen LogP contribution in [-0.2, 0) is 4.79 Å². The molecule has 1 aromatic rings. The molecule has 1 heterocycles. The number of Topliss-reactive ketones (excluding diaryl/α,β-unsaturated/α-hetero) is 1. The van der Waals surface area contributed by atoms with Gasteiger partial charge in [0, 0.05) is 0 Å². The summed E-state index contributed by atoms with van der Waals surface area (Å²) >= 11 is 1.24. The first kappa shape index (κ1) is 25.7. The molecule has 166 valence electrons. The zero-order valence-electron chi connectivity index (χ0n) is 18.3. The van der Waals surface area contributed by atoms with Crippen LogP contribution in [0.5, 0.6) is 5.06 Å². The fraction of sp³-hybridized carbons (Fsp3) is 0.750. The lowest BCUT2D eigenvalue weighted by Crippen LogP contribution is -2.04. The van der Waals surface area contributed by atoms with Gasteiger partial charge >= 0.3 is 5.97 Å². The predicted octanol–water partition coefficient (Wildman–Crippen LogP) is 7.66. The largest absolute Gasteiger partial charge is 0.484 e. The summed E-state index contributed by atoms with van der Waals surface area (Å²) in [5, 5.41) is 9.36. The third kappa shape index (κ3) is 14.3. The number of aliphatic carboxylic acids is 1. The van der Waals surface area contributed by atoms with E-state index in [2.05, 4.69) is 6.92 Å². The van der Waals surface area contributed by atoms with Crippen molar-refractivity contribution in [3.05, 3.63) is 17.0 Å². The van der Waals surface area contributed by atoms with Crippen molar-refractivity contribution in [1.82, 2.24) is 0 Å². The molecular formula is C24H40O4S. The number of ketones is 1. The predicted molar refractivity (Wildman–Crippen MR) is 121 cm³/mol. The molecule has 29 heavy (non-hydrogen) atoms. The van der Waals surface area contributed by atoms with E-state index < -0.39 is 12.4 Å². The number of unbranched alkanes of at least 4 members (excludes halogenated alkanes) is 14.